The summed E-state index contributed by atoms with van der Waals surface area (Å²) >= 11 is 1.22. The third-order valence-corrected chi connectivity index (χ3v) is 5.88. The van der Waals surface area contributed by atoms with Gasteiger partial charge in [0.25, 0.3) is 0 Å². The average Bonchev–Trinajstić information content (AvgIpc) is 3.27. The second-order valence-electron chi connectivity index (χ2n) is 6.81. The molecule has 0 bridgehead atoms. The molecule has 0 spiro atoms. The molecule has 2 aromatic heterocycles. The third-order valence-electron chi connectivity index (χ3n) is 5.12. The molecule has 2 N–H and O–H groups in total. The fourth-order valence-corrected chi connectivity index (χ4v) is 4.49. The van der Waals surface area contributed by atoms with Crippen LogP contribution in [0.15, 0.2) is 35.8 Å². The first-order valence-corrected chi connectivity index (χ1v) is 9.71. The van der Waals surface area contributed by atoms with Crippen LogP contribution >= 0.6 is 11.3 Å². The van der Waals surface area contributed by atoms with Crippen molar-refractivity contribution in [1.82, 2.24) is 9.97 Å². The summed E-state index contributed by atoms with van der Waals surface area (Å²) in [7, 11) is 0. The zero-order chi connectivity index (χ0) is 19.0. The van der Waals surface area contributed by atoms with Crippen LogP contribution < -0.4 is 5.32 Å². The van der Waals surface area contributed by atoms with E-state index in [9.17, 15) is 18.0 Å². The summed E-state index contributed by atoms with van der Waals surface area (Å²) in [6.07, 6.45) is -1.08. The highest BCUT2D eigenvalue weighted by Gasteiger charge is 2.48. The van der Waals surface area contributed by atoms with Crippen LogP contribution in [-0.2, 0) is 4.79 Å². The Balaban J connectivity index is 1.53. The number of hydrogen-bond donors (Lipinski definition) is 2. The lowest BCUT2D eigenvalue weighted by Gasteiger charge is -2.31. The van der Waals surface area contributed by atoms with Crippen molar-refractivity contribution in [2.45, 2.75) is 31.9 Å². The lowest BCUT2D eigenvalue weighted by Crippen LogP contribution is -2.39. The van der Waals surface area contributed by atoms with Crippen LogP contribution in [0.4, 0.5) is 18.3 Å². The minimum absolute atomic E-state index is 0.0139. The van der Waals surface area contributed by atoms with Gasteiger partial charge in [-0.2, -0.15) is 13.2 Å². The molecule has 0 saturated heterocycles. The van der Waals surface area contributed by atoms with E-state index in [1.807, 2.05) is 30.5 Å². The number of thiazole rings is 1. The summed E-state index contributed by atoms with van der Waals surface area (Å²) in [6, 6.07) is 7.77. The van der Waals surface area contributed by atoms with Gasteiger partial charge in [0, 0.05) is 34.0 Å². The van der Waals surface area contributed by atoms with Crippen LogP contribution in [0.5, 0.6) is 0 Å². The molecule has 4 nitrogen and oxygen atoms in total. The van der Waals surface area contributed by atoms with Crippen molar-refractivity contribution >= 4 is 33.3 Å². The molecule has 0 aliphatic heterocycles. The number of anilines is 1. The lowest BCUT2D eigenvalue weighted by atomic mass is 9.78. The van der Waals surface area contributed by atoms with E-state index in [4.69, 9.17) is 0 Å². The molecule has 27 heavy (non-hydrogen) atoms. The number of amides is 1. The number of nitrogens with one attached hydrogen (secondary N) is 2. The predicted octanol–water partition coefficient (Wildman–Crippen LogP) is 5.60. The Morgan fingerprint density at radius 2 is 2.00 bits per heavy atom. The number of nitrogens with zero attached hydrogens (tertiary/aromatic N) is 1. The number of benzene rings is 1. The molecule has 0 radical (unpaired) electrons. The SMILES string of the molecule is O=C(Nc1nc(-c2c[nH]c3ccccc23)cs1)[C@@H]1CCCC[C@H]1C(F)(F)F. The number of carbonyl (C=O) groups is 1. The number of aromatic amines is 1. The molecule has 1 aromatic carbocycles. The van der Waals surface area contributed by atoms with E-state index in [1.54, 1.807) is 5.38 Å². The highest BCUT2D eigenvalue weighted by atomic mass is 32.1. The Morgan fingerprint density at radius 3 is 2.81 bits per heavy atom. The first-order valence-electron chi connectivity index (χ1n) is 8.83. The minimum Gasteiger partial charge on any atom is -0.360 e. The van der Waals surface area contributed by atoms with Crippen LogP contribution in [0.25, 0.3) is 22.2 Å². The molecule has 1 amide bonds. The molecule has 1 fully saturated rings. The standard InChI is InChI=1S/C19H18F3N3OS/c20-19(21,22)14-7-3-1-6-12(14)17(26)25-18-24-16(10-27-18)13-9-23-15-8-4-2-5-11(13)15/h2,4-5,8-10,12,14,23H,1,3,6-7H2,(H,24,25,26)/t12-,14-/m1/s1. The van der Waals surface area contributed by atoms with E-state index >= 15 is 0 Å². The zero-order valence-corrected chi connectivity index (χ0v) is 15.2. The van der Waals surface area contributed by atoms with Gasteiger partial charge in [0.1, 0.15) is 0 Å². The van der Waals surface area contributed by atoms with Gasteiger partial charge >= 0.3 is 6.18 Å². The van der Waals surface area contributed by atoms with Gasteiger partial charge in [0.2, 0.25) is 5.91 Å². The maximum Gasteiger partial charge on any atom is 0.392 e. The summed E-state index contributed by atoms with van der Waals surface area (Å²) < 4.78 is 39.7. The molecular formula is C19H18F3N3OS. The molecule has 1 saturated carbocycles. The molecule has 1 aliphatic rings. The molecule has 4 rings (SSSR count). The lowest BCUT2D eigenvalue weighted by molar-refractivity contribution is -0.197. The maximum absolute atomic E-state index is 13.2. The van der Waals surface area contributed by atoms with E-state index in [0.717, 1.165) is 16.5 Å². The van der Waals surface area contributed by atoms with E-state index in [1.165, 1.54) is 11.3 Å². The summed E-state index contributed by atoms with van der Waals surface area (Å²) in [5.74, 6) is -3.20. The summed E-state index contributed by atoms with van der Waals surface area (Å²) in [5.41, 5.74) is 2.55. The van der Waals surface area contributed by atoms with Gasteiger partial charge in [-0.25, -0.2) is 4.98 Å². The minimum atomic E-state index is -4.35. The van der Waals surface area contributed by atoms with Crippen LogP contribution in [0.3, 0.4) is 0 Å². The third kappa shape index (κ3) is 3.58. The van der Waals surface area contributed by atoms with E-state index < -0.39 is 23.9 Å². The fourth-order valence-electron chi connectivity index (χ4n) is 3.77. The highest BCUT2D eigenvalue weighted by molar-refractivity contribution is 7.14. The zero-order valence-electron chi connectivity index (χ0n) is 14.3. The normalized spacial score (nSPS) is 20.7. The summed E-state index contributed by atoms with van der Waals surface area (Å²) in [5, 5.41) is 5.73. The number of hydrogen-bond acceptors (Lipinski definition) is 3. The number of aromatic nitrogens is 2. The van der Waals surface area contributed by atoms with E-state index in [0.29, 0.717) is 23.7 Å². The van der Waals surface area contributed by atoms with Crippen LogP contribution in [-0.4, -0.2) is 22.1 Å². The summed E-state index contributed by atoms with van der Waals surface area (Å²) in [4.78, 5) is 20.1. The Kier molecular flexibility index (Phi) is 4.67. The van der Waals surface area contributed by atoms with E-state index in [-0.39, 0.29) is 12.8 Å². The van der Waals surface area contributed by atoms with E-state index in [2.05, 4.69) is 15.3 Å². The molecule has 2 atom stereocenters. The fraction of sp³-hybridized carbons (Fsp3) is 0.368. The number of alkyl halides is 3. The van der Waals surface area contributed by atoms with Crippen LogP contribution in [0.2, 0.25) is 0 Å². The quantitative estimate of drug-likeness (QED) is 0.609. The van der Waals surface area contributed by atoms with Gasteiger partial charge in [0.15, 0.2) is 5.13 Å². The first kappa shape index (κ1) is 18.0. The second kappa shape index (κ2) is 6.99. The van der Waals surface area contributed by atoms with Crippen molar-refractivity contribution in [3.63, 3.8) is 0 Å². The van der Waals surface area contributed by atoms with Gasteiger partial charge in [-0.1, -0.05) is 31.0 Å². The van der Waals surface area contributed by atoms with Gasteiger partial charge in [0.05, 0.1) is 11.6 Å². The van der Waals surface area contributed by atoms with Crippen molar-refractivity contribution in [2.75, 3.05) is 5.32 Å². The molecule has 2 heterocycles. The Hall–Kier alpha value is -2.35. The maximum atomic E-state index is 13.2. The second-order valence-corrected chi connectivity index (χ2v) is 7.67. The molecule has 1 aliphatic carbocycles. The summed E-state index contributed by atoms with van der Waals surface area (Å²) in [6.45, 7) is 0. The number of rotatable bonds is 3. The topological polar surface area (TPSA) is 57.8 Å². The van der Waals surface area contributed by atoms with Gasteiger partial charge < -0.3 is 10.3 Å². The number of fused-ring (bicyclic) bond motifs is 1. The van der Waals surface area contributed by atoms with Crippen molar-refractivity contribution in [3.8, 4) is 11.3 Å². The Bertz CT molecular complexity index is 962. The Morgan fingerprint density at radius 1 is 1.22 bits per heavy atom. The number of carbonyl (C=O) groups excluding carboxylic acids is 1. The first-order chi connectivity index (χ1) is 12.9. The highest BCUT2D eigenvalue weighted by Crippen LogP contribution is 2.42. The number of H-pyrrole nitrogens is 1. The largest absolute Gasteiger partial charge is 0.392 e. The molecule has 8 heteroatoms. The van der Waals surface area contributed by atoms with Gasteiger partial charge in [-0.3, -0.25) is 4.79 Å². The number of para-hydroxylation sites is 1. The molecule has 142 valence electrons. The molecular weight excluding hydrogens is 375 g/mol. The van der Waals surface area contributed by atoms with Crippen molar-refractivity contribution in [1.29, 1.82) is 0 Å². The van der Waals surface area contributed by atoms with Gasteiger partial charge in [-0.05, 0) is 18.9 Å². The van der Waals surface area contributed by atoms with Crippen molar-refractivity contribution in [3.05, 3.63) is 35.8 Å². The van der Waals surface area contributed by atoms with Crippen molar-refractivity contribution < 1.29 is 18.0 Å². The van der Waals surface area contributed by atoms with Gasteiger partial charge in [-0.15, -0.1) is 11.3 Å². The monoisotopic (exact) mass is 393 g/mol. The Labute approximate surface area is 157 Å². The molecule has 3 aromatic rings. The average molecular weight is 393 g/mol. The smallest absolute Gasteiger partial charge is 0.360 e. The van der Waals surface area contributed by atoms with Crippen LogP contribution in [0, 0.1) is 11.8 Å². The predicted molar refractivity (Wildman–Crippen MR) is 99.5 cm³/mol. The molecule has 0 unspecified atom stereocenters. The van der Waals surface area contributed by atoms with Crippen LogP contribution in [0.1, 0.15) is 25.7 Å². The van der Waals surface area contributed by atoms with Crippen molar-refractivity contribution in [2.24, 2.45) is 11.8 Å². The number of halogens is 3.